The summed E-state index contributed by atoms with van der Waals surface area (Å²) in [4.78, 5) is 11.8. The SMILES string of the molecule is ON/C=N/c1nncc(-c2ccncc2)n1. The van der Waals surface area contributed by atoms with Gasteiger partial charge < -0.3 is 0 Å². The summed E-state index contributed by atoms with van der Waals surface area (Å²) in [7, 11) is 0. The van der Waals surface area contributed by atoms with Gasteiger partial charge in [0.2, 0.25) is 0 Å². The third-order valence-electron chi connectivity index (χ3n) is 1.76. The number of nitrogens with zero attached hydrogens (tertiary/aromatic N) is 5. The molecule has 7 nitrogen and oxygen atoms in total. The van der Waals surface area contributed by atoms with E-state index in [9.17, 15) is 0 Å². The number of hydroxylamine groups is 1. The minimum absolute atomic E-state index is 0.163. The molecule has 2 aromatic heterocycles. The molecule has 7 heteroatoms. The lowest BCUT2D eigenvalue weighted by atomic mass is 10.2. The molecule has 0 amide bonds. The van der Waals surface area contributed by atoms with Gasteiger partial charge in [0.1, 0.15) is 6.34 Å². The summed E-state index contributed by atoms with van der Waals surface area (Å²) in [6, 6.07) is 3.61. The van der Waals surface area contributed by atoms with Crippen molar-refractivity contribution in [3.05, 3.63) is 30.7 Å². The third-order valence-corrected chi connectivity index (χ3v) is 1.76. The van der Waals surface area contributed by atoms with Gasteiger partial charge in [-0.05, 0) is 12.1 Å². The molecule has 16 heavy (non-hydrogen) atoms. The molecule has 2 aromatic rings. The first-order chi connectivity index (χ1) is 7.90. The molecule has 0 radical (unpaired) electrons. The highest BCUT2D eigenvalue weighted by atomic mass is 16.5. The second-order valence-corrected chi connectivity index (χ2v) is 2.76. The lowest BCUT2D eigenvalue weighted by Gasteiger charge is -1.98. The molecule has 0 aliphatic carbocycles. The molecule has 0 unspecified atom stereocenters. The van der Waals surface area contributed by atoms with Crippen molar-refractivity contribution < 1.29 is 5.21 Å². The molecule has 0 aliphatic rings. The minimum Gasteiger partial charge on any atom is -0.290 e. The van der Waals surface area contributed by atoms with Crippen LogP contribution < -0.4 is 5.48 Å². The molecule has 0 saturated carbocycles. The van der Waals surface area contributed by atoms with Gasteiger partial charge in [0.25, 0.3) is 5.95 Å². The number of nitrogens with one attached hydrogen (secondary N) is 1. The zero-order valence-corrected chi connectivity index (χ0v) is 8.15. The third kappa shape index (κ3) is 2.34. The van der Waals surface area contributed by atoms with E-state index in [-0.39, 0.29) is 5.95 Å². The summed E-state index contributed by atoms with van der Waals surface area (Å²) in [5.74, 6) is 0.163. The first-order valence-corrected chi connectivity index (χ1v) is 4.42. The Morgan fingerprint density at radius 3 is 2.88 bits per heavy atom. The Morgan fingerprint density at radius 2 is 2.12 bits per heavy atom. The Hall–Kier alpha value is -2.41. The molecule has 0 spiro atoms. The van der Waals surface area contributed by atoms with Crippen molar-refractivity contribution in [1.82, 2.24) is 25.6 Å². The smallest absolute Gasteiger partial charge is 0.270 e. The van der Waals surface area contributed by atoms with E-state index in [1.54, 1.807) is 17.9 Å². The molecule has 0 saturated heterocycles. The topological polar surface area (TPSA) is 96.2 Å². The number of aromatic nitrogens is 4. The zero-order chi connectivity index (χ0) is 11.2. The molecule has 0 atom stereocenters. The van der Waals surface area contributed by atoms with E-state index >= 15 is 0 Å². The molecule has 0 bridgehead atoms. The van der Waals surface area contributed by atoms with Gasteiger partial charge in [-0.3, -0.25) is 15.7 Å². The second kappa shape index (κ2) is 4.89. The molecule has 0 fully saturated rings. The summed E-state index contributed by atoms with van der Waals surface area (Å²) >= 11 is 0. The molecule has 2 heterocycles. The first kappa shape index (κ1) is 10.1. The first-order valence-electron chi connectivity index (χ1n) is 4.42. The van der Waals surface area contributed by atoms with E-state index in [0.717, 1.165) is 11.9 Å². The van der Waals surface area contributed by atoms with Gasteiger partial charge >= 0.3 is 0 Å². The average Bonchev–Trinajstić information content (AvgIpc) is 2.38. The predicted octanol–water partition coefficient (Wildman–Crippen LogP) is 0.572. The molecule has 2 N–H and O–H groups in total. The van der Waals surface area contributed by atoms with Gasteiger partial charge in [-0.1, -0.05) is 0 Å². The Kier molecular flexibility index (Phi) is 3.10. The lowest BCUT2D eigenvalue weighted by Crippen LogP contribution is -2.02. The highest BCUT2D eigenvalue weighted by Gasteiger charge is 2.01. The van der Waals surface area contributed by atoms with Crippen molar-refractivity contribution >= 4 is 12.3 Å². The van der Waals surface area contributed by atoms with Gasteiger partial charge in [-0.2, -0.15) is 10.1 Å². The quantitative estimate of drug-likeness (QED) is 0.442. The van der Waals surface area contributed by atoms with Crippen LogP contribution in [0.5, 0.6) is 0 Å². The van der Waals surface area contributed by atoms with Crippen molar-refractivity contribution in [1.29, 1.82) is 0 Å². The standard InChI is InChI=1S/C9H8N6O/c16-13-6-11-9-14-8(5-12-15-9)7-1-3-10-4-2-7/h1-6,16H,(H,11,13,14,15). The van der Waals surface area contributed by atoms with Crippen LogP contribution >= 0.6 is 0 Å². The Labute approximate surface area is 90.9 Å². The highest BCUT2D eigenvalue weighted by Crippen LogP contribution is 2.15. The maximum absolute atomic E-state index is 8.33. The number of rotatable bonds is 3. The summed E-state index contributed by atoms with van der Waals surface area (Å²) in [5.41, 5.74) is 3.28. The van der Waals surface area contributed by atoms with Crippen LogP contribution in [-0.4, -0.2) is 31.7 Å². The molecule has 0 aromatic carbocycles. The van der Waals surface area contributed by atoms with Crippen LogP contribution in [0.4, 0.5) is 5.95 Å². The fourth-order valence-corrected chi connectivity index (χ4v) is 1.10. The maximum Gasteiger partial charge on any atom is 0.270 e. The van der Waals surface area contributed by atoms with Gasteiger partial charge in [0.15, 0.2) is 0 Å². The second-order valence-electron chi connectivity index (χ2n) is 2.76. The van der Waals surface area contributed by atoms with E-state index in [2.05, 4.69) is 25.2 Å². The van der Waals surface area contributed by atoms with E-state index in [4.69, 9.17) is 5.21 Å². The molecular weight excluding hydrogens is 208 g/mol. The van der Waals surface area contributed by atoms with Crippen LogP contribution in [0.15, 0.2) is 35.7 Å². The Morgan fingerprint density at radius 1 is 1.31 bits per heavy atom. The van der Waals surface area contributed by atoms with E-state index < -0.39 is 0 Å². The molecular formula is C9H8N6O. The Balaban J connectivity index is 2.33. The molecule has 0 aliphatic heterocycles. The van der Waals surface area contributed by atoms with Crippen molar-refractivity contribution in [2.75, 3.05) is 0 Å². The van der Waals surface area contributed by atoms with Crippen LogP contribution in [-0.2, 0) is 0 Å². The predicted molar refractivity (Wildman–Crippen MR) is 56.1 cm³/mol. The lowest BCUT2D eigenvalue weighted by molar-refractivity contribution is 0.240. The fourth-order valence-electron chi connectivity index (χ4n) is 1.10. The highest BCUT2D eigenvalue weighted by molar-refractivity contribution is 5.60. The van der Waals surface area contributed by atoms with Crippen LogP contribution in [0.2, 0.25) is 0 Å². The molecule has 80 valence electrons. The van der Waals surface area contributed by atoms with E-state index in [0.29, 0.717) is 5.69 Å². The van der Waals surface area contributed by atoms with Crippen molar-refractivity contribution in [3.63, 3.8) is 0 Å². The van der Waals surface area contributed by atoms with Crippen molar-refractivity contribution in [2.45, 2.75) is 0 Å². The van der Waals surface area contributed by atoms with E-state index in [1.165, 1.54) is 6.20 Å². The normalized spacial score (nSPS) is 10.6. The maximum atomic E-state index is 8.33. The minimum atomic E-state index is 0.163. The van der Waals surface area contributed by atoms with E-state index in [1.807, 2.05) is 12.1 Å². The summed E-state index contributed by atoms with van der Waals surface area (Å²) in [6.07, 6.45) is 5.92. The van der Waals surface area contributed by atoms with Crippen LogP contribution in [0.1, 0.15) is 0 Å². The average molecular weight is 216 g/mol. The summed E-state index contributed by atoms with van der Waals surface area (Å²) in [5, 5.41) is 15.8. The van der Waals surface area contributed by atoms with Gasteiger partial charge in [-0.15, -0.1) is 5.10 Å². The van der Waals surface area contributed by atoms with Gasteiger partial charge in [-0.25, -0.2) is 4.98 Å². The Bertz CT molecular complexity index is 486. The number of pyridine rings is 1. The number of hydrogen-bond acceptors (Lipinski definition) is 6. The van der Waals surface area contributed by atoms with Crippen LogP contribution in [0.25, 0.3) is 11.3 Å². The number of hydrogen-bond donors (Lipinski definition) is 2. The molecule has 2 rings (SSSR count). The van der Waals surface area contributed by atoms with Crippen LogP contribution in [0.3, 0.4) is 0 Å². The van der Waals surface area contributed by atoms with Gasteiger partial charge in [0, 0.05) is 18.0 Å². The summed E-state index contributed by atoms with van der Waals surface area (Å²) < 4.78 is 0. The monoisotopic (exact) mass is 216 g/mol. The van der Waals surface area contributed by atoms with Crippen molar-refractivity contribution in [3.8, 4) is 11.3 Å². The fraction of sp³-hybridized carbons (Fsp3) is 0. The van der Waals surface area contributed by atoms with Crippen LogP contribution in [0, 0.1) is 0 Å². The largest absolute Gasteiger partial charge is 0.290 e. The zero-order valence-electron chi connectivity index (χ0n) is 8.15. The summed E-state index contributed by atoms with van der Waals surface area (Å²) in [6.45, 7) is 0. The number of aliphatic imine (C=N–C) groups is 1. The van der Waals surface area contributed by atoms with Crippen molar-refractivity contribution in [2.24, 2.45) is 4.99 Å². The van der Waals surface area contributed by atoms with Gasteiger partial charge in [0.05, 0.1) is 11.9 Å².